The van der Waals surface area contributed by atoms with E-state index in [2.05, 4.69) is 13.5 Å². The van der Waals surface area contributed by atoms with Crippen LogP contribution in [0.4, 0.5) is 0 Å². The van der Waals surface area contributed by atoms with Crippen LogP contribution < -0.4 is 0 Å². The van der Waals surface area contributed by atoms with Crippen molar-refractivity contribution in [1.82, 2.24) is 0 Å². The molecule has 3 nitrogen and oxygen atoms in total. The molecule has 0 aromatic carbocycles. The van der Waals surface area contributed by atoms with Crippen molar-refractivity contribution in [3.8, 4) is 0 Å². The highest BCUT2D eigenvalue weighted by Gasteiger charge is 2.11. The minimum atomic E-state index is -0.340. The van der Waals surface area contributed by atoms with Gasteiger partial charge in [0.15, 0.2) is 0 Å². The zero-order valence-electron chi connectivity index (χ0n) is 9.83. The molecule has 15 heavy (non-hydrogen) atoms. The van der Waals surface area contributed by atoms with E-state index < -0.39 is 0 Å². The Morgan fingerprint density at radius 2 is 2.13 bits per heavy atom. The van der Waals surface area contributed by atoms with Crippen LogP contribution in [0.25, 0.3) is 0 Å². The number of hydrogen-bond acceptors (Lipinski definition) is 3. The van der Waals surface area contributed by atoms with Gasteiger partial charge in [-0.25, -0.2) is 4.79 Å². The lowest BCUT2D eigenvalue weighted by atomic mass is 10.1. The van der Waals surface area contributed by atoms with E-state index in [1.54, 1.807) is 7.11 Å². The summed E-state index contributed by atoms with van der Waals surface area (Å²) in [5.41, 5.74) is 0. The molecule has 0 radical (unpaired) electrons. The Morgan fingerprint density at radius 1 is 1.40 bits per heavy atom. The predicted octanol–water partition coefficient (Wildman–Crippen LogP) is 2.70. The molecule has 0 aromatic heterocycles. The van der Waals surface area contributed by atoms with E-state index in [1.807, 2.05) is 0 Å². The van der Waals surface area contributed by atoms with Crippen LogP contribution in [0.1, 0.15) is 39.0 Å². The SMILES string of the molecule is C=CC(=O)OC(CCCCC)CCOC. The summed E-state index contributed by atoms with van der Waals surface area (Å²) >= 11 is 0. The first-order valence-electron chi connectivity index (χ1n) is 5.56. The van der Waals surface area contributed by atoms with E-state index >= 15 is 0 Å². The molecule has 0 aliphatic rings. The molecule has 0 saturated heterocycles. The molecule has 0 heterocycles. The maximum absolute atomic E-state index is 11.0. The summed E-state index contributed by atoms with van der Waals surface area (Å²) in [6, 6.07) is 0. The second-order valence-corrected chi connectivity index (χ2v) is 3.54. The molecule has 0 fully saturated rings. The summed E-state index contributed by atoms with van der Waals surface area (Å²) in [7, 11) is 1.65. The number of esters is 1. The van der Waals surface area contributed by atoms with Crippen LogP contribution in [0, 0.1) is 0 Å². The molecule has 88 valence electrons. The Kier molecular flexibility index (Phi) is 9.18. The third-order valence-electron chi connectivity index (χ3n) is 2.22. The maximum Gasteiger partial charge on any atom is 0.330 e. The van der Waals surface area contributed by atoms with Crippen LogP contribution in [-0.4, -0.2) is 25.8 Å². The second kappa shape index (κ2) is 9.71. The van der Waals surface area contributed by atoms with Crippen LogP contribution in [0.5, 0.6) is 0 Å². The van der Waals surface area contributed by atoms with Gasteiger partial charge in [-0.1, -0.05) is 26.3 Å². The zero-order valence-corrected chi connectivity index (χ0v) is 9.83. The Bertz CT molecular complexity index is 178. The number of rotatable bonds is 9. The lowest BCUT2D eigenvalue weighted by Gasteiger charge is -2.16. The molecule has 0 aromatic rings. The normalized spacial score (nSPS) is 12.1. The van der Waals surface area contributed by atoms with Gasteiger partial charge in [0.2, 0.25) is 0 Å². The fourth-order valence-corrected chi connectivity index (χ4v) is 1.35. The summed E-state index contributed by atoms with van der Waals surface area (Å²) in [5.74, 6) is -0.340. The van der Waals surface area contributed by atoms with Crippen LogP contribution >= 0.6 is 0 Å². The van der Waals surface area contributed by atoms with Crippen molar-refractivity contribution in [1.29, 1.82) is 0 Å². The minimum absolute atomic E-state index is 0.0259. The van der Waals surface area contributed by atoms with E-state index in [9.17, 15) is 4.79 Å². The van der Waals surface area contributed by atoms with Gasteiger partial charge in [0.25, 0.3) is 0 Å². The van der Waals surface area contributed by atoms with Crippen molar-refractivity contribution in [3.63, 3.8) is 0 Å². The highest BCUT2D eigenvalue weighted by atomic mass is 16.5. The van der Waals surface area contributed by atoms with Crippen molar-refractivity contribution < 1.29 is 14.3 Å². The third kappa shape index (κ3) is 8.18. The predicted molar refractivity (Wildman–Crippen MR) is 60.7 cm³/mol. The van der Waals surface area contributed by atoms with Gasteiger partial charge in [-0.05, 0) is 12.8 Å². The molecule has 0 aliphatic heterocycles. The second-order valence-electron chi connectivity index (χ2n) is 3.54. The summed E-state index contributed by atoms with van der Waals surface area (Å²) in [5, 5.41) is 0. The molecule has 0 aliphatic carbocycles. The van der Waals surface area contributed by atoms with Gasteiger partial charge in [-0.2, -0.15) is 0 Å². The fourth-order valence-electron chi connectivity index (χ4n) is 1.35. The molecule has 3 heteroatoms. The average Bonchev–Trinajstić information content (AvgIpc) is 2.25. The lowest BCUT2D eigenvalue weighted by molar-refractivity contribution is -0.144. The van der Waals surface area contributed by atoms with Gasteiger partial charge >= 0.3 is 5.97 Å². The standard InChI is InChI=1S/C12H22O3/c1-4-6-7-8-11(9-10-14-3)15-12(13)5-2/h5,11H,2,4,6-10H2,1,3H3. The van der Waals surface area contributed by atoms with Crippen LogP contribution in [-0.2, 0) is 14.3 Å². The van der Waals surface area contributed by atoms with E-state index in [4.69, 9.17) is 9.47 Å². The molecule has 1 unspecified atom stereocenters. The number of carbonyl (C=O) groups is 1. The zero-order chi connectivity index (χ0) is 11.5. The highest BCUT2D eigenvalue weighted by molar-refractivity contribution is 5.81. The molecule has 1 atom stereocenters. The average molecular weight is 214 g/mol. The van der Waals surface area contributed by atoms with Gasteiger partial charge in [-0.15, -0.1) is 0 Å². The van der Waals surface area contributed by atoms with Gasteiger partial charge in [0.05, 0.1) is 0 Å². The van der Waals surface area contributed by atoms with Gasteiger partial charge in [-0.3, -0.25) is 0 Å². The van der Waals surface area contributed by atoms with E-state index in [1.165, 1.54) is 18.9 Å². The molecule has 0 rings (SSSR count). The lowest BCUT2D eigenvalue weighted by Crippen LogP contribution is -2.18. The van der Waals surface area contributed by atoms with Crippen LogP contribution in [0.3, 0.4) is 0 Å². The maximum atomic E-state index is 11.0. The molecule has 0 saturated carbocycles. The molecule has 0 bridgehead atoms. The number of methoxy groups -OCH3 is 1. The van der Waals surface area contributed by atoms with Gasteiger partial charge in [0.1, 0.15) is 6.10 Å². The largest absolute Gasteiger partial charge is 0.459 e. The molecule has 0 spiro atoms. The molecular formula is C12H22O3. The topological polar surface area (TPSA) is 35.5 Å². The monoisotopic (exact) mass is 214 g/mol. The number of ether oxygens (including phenoxy) is 2. The van der Waals surface area contributed by atoms with E-state index in [0.29, 0.717) is 6.61 Å². The molecular weight excluding hydrogens is 192 g/mol. The smallest absolute Gasteiger partial charge is 0.330 e. The van der Waals surface area contributed by atoms with E-state index in [-0.39, 0.29) is 12.1 Å². The van der Waals surface area contributed by atoms with E-state index in [0.717, 1.165) is 19.3 Å². The Balaban J connectivity index is 3.82. The quantitative estimate of drug-likeness (QED) is 0.336. The first-order chi connectivity index (χ1) is 7.24. The summed E-state index contributed by atoms with van der Waals surface area (Å²) in [6.07, 6.45) is 6.30. The molecule has 0 N–H and O–H groups in total. The van der Waals surface area contributed by atoms with Crippen molar-refractivity contribution in [2.24, 2.45) is 0 Å². The first kappa shape index (κ1) is 14.2. The van der Waals surface area contributed by atoms with Gasteiger partial charge < -0.3 is 9.47 Å². The van der Waals surface area contributed by atoms with Crippen molar-refractivity contribution in [2.45, 2.75) is 45.1 Å². The van der Waals surface area contributed by atoms with Crippen LogP contribution in [0.15, 0.2) is 12.7 Å². The third-order valence-corrected chi connectivity index (χ3v) is 2.22. The van der Waals surface area contributed by atoms with Crippen LogP contribution in [0.2, 0.25) is 0 Å². The first-order valence-corrected chi connectivity index (χ1v) is 5.56. The summed E-state index contributed by atoms with van der Waals surface area (Å²) in [4.78, 5) is 11.0. The van der Waals surface area contributed by atoms with Gasteiger partial charge in [0, 0.05) is 26.2 Å². The number of unbranched alkanes of at least 4 members (excludes halogenated alkanes) is 2. The van der Waals surface area contributed by atoms with Crippen molar-refractivity contribution >= 4 is 5.97 Å². The van der Waals surface area contributed by atoms with Crippen molar-refractivity contribution in [2.75, 3.05) is 13.7 Å². The highest BCUT2D eigenvalue weighted by Crippen LogP contribution is 2.10. The minimum Gasteiger partial charge on any atom is -0.459 e. The number of carbonyl (C=O) groups excluding carboxylic acids is 1. The van der Waals surface area contributed by atoms with Crippen molar-refractivity contribution in [3.05, 3.63) is 12.7 Å². The Labute approximate surface area is 92.5 Å². The summed E-state index contributed by atoms with van der Waals surface area (Å²) < 4.78 is 10.2. The fraction of sp³-hybridized carbons (Fsp3) is 0.750. The summed E-state index contributed by atoms with van der Waals surface area (Å²) in [6.45, 7) is 6.16. The molecule has 0 amide bonds. The number of hydrogen-bond donors (Lipinski definition) is 0. The Morgan fingerprint density at radius 3 is 2.67 bits per heavy atom. The Hall–Kier alpha value is -0.830.